The van der Waals surface area contributed by atoms with E-state index in [4.69, 9.17) is 0 Å². The average Bonchev–Trinajstić information content (AvgIpc) is 2.68. The second kappa shape index (κ2) is 4.45. The minimum Gasteiger partial charge on any atom is -0.316 e. The molecule has 1 N–H and O–H groups in total. The van der Waals surface area contributed by atoms with Gasteiger partial charge in [0.2, 0.25) is 0 Å². The van der Waals surface area contributed by atoms with Crippen LogP contribution in [0.15, 0.2) is 0 Å². The molecule has 1 fully saturated rings. The first kappa shape index (κ1) is 11.0. The topological polar surface area (TPSA) is 12.0 Å². The highest BCUT2D eigenvalue weighted by molar-refractivity contribution is 4.96. The van der Waals surface area contributed by atoms with Gasteiger partial charge < -0.3 is 5.32 Å². The summed E-state index contributed by atoms with van der Waals surface area (Å²) in [4.78, 5) is 0. The van der Waals surface area contributed by atoms with Gasteiger partial charge in [-0.15, -0.1) is 0 Å². The number of rotatable bonds is 6. The molecule has 0 heterocycles. The van der Waals surface area contributed by atoms with E-state index in [9.17, 15) is 0 Å². The van der Waals surface area contributed by atoms with Gasteiger partial charge >= 0.3 is 0 Å². The van der Waals surface area contributed by atoms with Crippen molar-refractivity contribution in [2.45, 2.75) is 47.0 Å². The van der Waals surface area contributed by atoms with Crippen LogP contribution in [0.1, 0.15) is 47.0 Å². The Morgan fingerprint density at radius 1 is 1.31 bits per heavy atom. The zero-order valence-corrected chi connectivity index (χ0v) is 9.69. The maximum absolute atomic E-state index is 3.60. The van der Waals surface area contributed by atoms with Crippen molar-refractivity contribution in [2.24, 2.45) is 17.3 Å². The molecule has 0 spiro atoms. The molecule has 78 valence electrons. The first-order valence-corrected chi connectivity index (χ1v) is 5.80. The molecular weight excluding hydrogens is 158 g/mol. The summed E-state index contributed by atoms with van der Waals surface area (Å²) in [6, 6.07) is 0. The van der Waals surface area contributed by atoms with E-state index < -0.39 is 0 Å². The highest BCUT2D eigenvalue weighted by Gasteiger charge is 2.44. The van der Waals surface area contributed by atoms with Crippen molar-refractivity contribution in [3.8, 4) is 0 Å². The third-order valence-corrected chi connectivity index (χ3v) is 3.70. The summed E-state index contributed by atoms with van der Waals surface area (Å²) in [5.41, 5.74) is 0.640. The molecule has 13 heavy (non-hydrogen) atoms. The van der Waals surface area contributed by atoms with Crippen LogP contribution in [-0.2, 0) is 0 Å². The van der Waals surface area contributed by atoms with E-state index in [0.29, 0.717) is 5.41 Å². The molecule has 1 unspecified atom stereocenters. The Hall–Kier alpha value is -0.0400. The summed E-state index contributed by atoms with van der Waals surface area (Å²) >= 11 is 0. The Balaban J connectivity index is 2.01. The van der Waals surface area contributed by atoms with E-state index in [1.807, 2.05) is 0 Å². The number of hydrogen-bond donors (Lipinski definition) is 1. The van der Waals surface area contributed by atoms with Gasteiger partial charge in [0.05, 0.1) is 0 Å². The third kappa shape index (κ3) is 3.30. The van der Waals surface area contributed by atoms with Crippen LogP contribution >= 0.6 is 0 Å². The fourth-order valence-corrected chi connectivity index (χ4v) is 1.96. The van der Waals surface area contributed by atoms with Gasteiger partial charge in [0.25, 0.3) is 0 Å². The zero-order valence-electron chi connectivity index (χ0n) is 9.69. The molecular formula is C12H25N. The van der Waals surface area contributed by atoms with Crippen molar-refractivity contribution in [1.82, 2.24) is 5.32 Å². The molecule has 0 aliphatic heterocycles. The maximum Gasteiger partial charge on any atom is -0.00151 e. The predicted octanol–water partition coefficient (Wildman–Crippen LogP) is 3.06. The van der Waals surface area contributed by atoms with Gasteiger partial charge in [-0.3, -0.25) is 0 Å². The second-order valence-electron chi connectivity index (χ2n) is 5.23. The monoisotopic (exact) mass is 183 g/mol. The van der Waals surface area contributed by atoms with Crippen LogP contribution < -0.4 is 5.32 Å². The SMILES string of the molecule is CCC(CC)CNCC1CC1(C)C. The molecule has 0 aromatic rings. The van der Waals surface area contributed by atoms with E-state index in [2.05, 4.69) is 33.0 Å². The summed E-state index contributed by atoms with van der Waals surface area (Å²) in [5, 5.41) is 3.60. The van der Waals surface area contributed by atoms with Crippen LogP contribution in [-0.4, -0.2) is 13.1 Å². The lowest BCUT2D eigenvalue weighted by molar-refractivity contribution is 0.430. The van der Waals surface area contributed by atoms with Gasteiger partial charge in [-0.1, -0.05) is 40.5 Å². The van der Waals surface area contributed by atoms with Crippen LogP contribution in [0.5, 0.6) is 0 Å². The van der Waals surface area contributed by atoms with Gasteiger partial charge in [0, 0.05) is 0 Å². The van der Waals surface area contributed by atoms with E-state index >= 15 is 0 Å². The molecule has 1 heteroatoms. The molecule has 1 aliphatic rings. The molecule has 1 atom stereocenters. The molecule has 0 radical (unpaired) electrons. The van der Waals surface area contributed by atoms with E-state index in [-0.39, 0.29) is 0 Å². The first-order valence-electron chi connectivity index (χ1n) is 5.80. The molecule has 1 nitrogen and oxygen atoms in total. The lowest BCUT2D eigenvalue weighted by Gasteiger charge is -2.13. The summed E-state index contributed by atoms with van der Waals surface area (Å²) in [6.45, 7) is 11.8. The Kier molecular flexibility index (Phi) is 3.78. The van der Waals surface area contributed by atoms with Crippen molar-refractivity contribution in [1.29, 1.82) is 0 Å². The minimum absolute atomic E-state index is 0.640. The maximum atomic E-state index is 3.60. The fraction of sp³-hybridized carbons (Fsp3) is 1.00. The largest absolute Gasteiger partial charge is 0.316 e. The van der Waals surface area contributed by atoms with Crippen LogP contribution in [0.25, 0.3) is 0 Å². The molecule has 0 aromatic carbocycles. The normalized spacial score (nSPS) is 25.2. The Morgan fingerprint density at radius 2 is 1.85 bits per heavy atom. The predicted molar refractivity (Wildman–Crippen MR) is 58.8 cm³/mol. The Morgan fingerprint density at radius 3 is 2.23 bits per heavy atom. The van der Waals surface area contributed by atoms with Crippen molar-refractivity contribution in [3.05, 3.63) is 0 Å². The van der Waals surface area contributed by atoms with Crippen LogP contribution in [0.4, 0.5) is 0 Å². The molecule has 1 saturated carbocycles. The highest BCUT2D eigenvalue weighted by Crippen LogP contribution is 2.50. The Labute approximate surface area is 83.3 Å². The van der Waals surface area contributed by atoms with Crippen LogP contribution in [0.2, 0.25) is 0 Å². The minimum atomic E-state index is 0.640. The van der Waals surface area contributed by atoms with Gasteiger partial charge in [-0.25, -0.2) is 0 Å². The standard InChI is InChI=1S/C12H25N/c1-5-10(6-2)8-13-9-11-7-12(11,3)4/h10-11,13H,5-9H2,1-4H3. The molecule has 0 saturated heterocycles. The molecule has 0 bridgehead atoms. The lowest BCUT2D eigenvalue weighted by atomic mass is 10.0. The molecule has 1 aliphatic carbocycles. The van der Waals surface area contributed by atoms with E-state index in [1.54, 1.807) is 0 Å². The summed E-state index contributed by atoms with van der Waals surface area (Å²) < 4.78 is 0. The lowest BCUT2D eigenvalue weighted by Crippen LogP contribution is -2.25. The average molecular weight is 183 g/mol. The van der Waals surface area contributed by atoms with Gasteiger partial charge in [-0.2, -0.15) is 0 Å². The summed E-state index contributed by atoms with van der Waals surface area (Å²) in [7, 11) is 0. The third-order valence-electron chi connectivity index (χ3n) is 3.70. The van der Waals surface area contributed by atoms with Gasteiger partial charge in [0.15, 0.2) is 0 Å². The number of hydrogen-bond acceptors (Lipinski definition) is 1. The van der Waals surface area contributed by atoms with Crippen molar-refractivity contribution >= 4 is 0 Å². The molecule has 0 aromatic heterocycles. The van der Waals surface area contributed by atoms with Gasteiger partial charge in [-0.05, 0) is 36.8 Å². The van der Waals surface area contributed by atoms with Gasteiger partial charge in [0.1, 0.15) is 0 Å². The number of nitrogens with one attached hydrogen (secondary N) is 1. The van der Waals surface area contributed by atoms with Crippen LogP contribution in [0.3, 0.4) is 0 Å². The molecule has 0 amide bonds. The highest BCUT2D eigenvalue weighted by atomic mass is 14.9. The van der Waals surface area contributed by atoms with Crippen molar-refractivity contribution in [3.63, 3.8) is 0 Å². The van der Waals surface area contributed by atoms with E-state index in [0.717, 1.165) is 11.8 Å². The van der Waals surface area contributed by atoms with E-state index in [1.165, 1.54) is 32.4 Å². The summed E-state index contributed by atoms with van der Waals surface area (Å²) in [6.07, 6.45) is 4.05. The van der Waals surface area contributed by atoms with Crippen LogP contribution in [0, 0.1) is 17.3 Å². The fourth-order valence-electron chi connectivity index (χ4n) is 1.96. The quantitative estimate of drug-likeness (QED) is 0.667. The second-order valence-corrected chi connectivity index (χ2v) is 5.23. The molecule has 1 rings (SSSR count). The first-order chi connectivity index (χ1) is 6.10. The Bertz CT molecular complexity index is 145. The van der Waals surface area contributed by atoms with Crippen molar-refractivity contribution in [2.75, 3.05) is 13.1 Å². The zero-order chi connectivity index (χ0) is 9.90. The smallest absolute Gasteiger partial charge is 0.00151 e. The summed E-state index contributed by atoms with van der Waals surface area (Å²) in [5.74, 6) is 1.84. The van der Waals surface area contributed by atoms with Crippen molar-refractivity contribution < 1.29 is 0 Å².